The van der Waals surface area contributed by atoms with Gasteiger partial charge in [0.15, 0.2) is 0 Å². The molecule has 2 atom stereocenters. The minimum absolute atomic E-state index is 0.149. The van der Waals surface area contributed by atoms with Crippen molar-refractivity contribution < 1.29 is 19.0 Å². The molecular formula is C15H20ClNO4. The van der Waals surface area contributed by atoms with Crippen LogP contribution < -0.4 is 4.90 Å². The van der Waals surface area contributed by atoms with Gasteiger partial charge < -0.3 is 19.1 Å². The van der Waals surface area contributed by atoms with E-state index in [1.807, 2.05) is 37.3 Å². The van der Waals surface area contributed by atoms with Gasteiger partial charge in [-0.3, -0.25) is 4.79 Å². The van der Waals surface area contributed by atoms with Crippen LogP contribution >= 0.6 is 11.6 Å². The van der Waals surface area contributed by atoms with Crippen LogP contribution in [0.5, 0.6) is 0 Å². The smallest absolute Gasteiger partial charge is 0.271 e. The molecule has 0 bridgehead atoms. The molecule has 1 saturated heterocycles. The van der Waals surface area contributed by atoms with Crippen LogP contribution in [0.2, 0.25) is 0 Å². The monoisotopic (exact) mass is 313 g/mol. The number of carbonyl (C=O) groups is 1. The fraction of sp³-hybridized carbons (Fsp3) is 0.533. The summed E-state index contributed by atoms with van der Waals surface area (Å²) in [6.45, 7) is 3.54. The number of nitrogens with zero attached hydrogens (tertiary/aromatic N) is 1. The summed E-state index contributed by atoms with van der Waals surface area (Å²) in [5, 5.41) is 0. The molecule has 1 fully saturated rings. The van der Waals surface area contributed by atoms with Crippen molar-refractivity contribution in [1.82, 2.24) is 0 Å². The SMILES string of the molecule is CCCOC(Cl)C(=O)N(CC1COCO1)c1ccccc1. The van der Waals surface area contributed by atoms with E-state index in [1.54, 1.807) is 4.90 Å². The number of benzene rings is 1. The molecule has 1 amide bonds. The summed E-state index contributed by atoms with van der Waals surface area (Å²) in [6.07, 6.45) is 0.658. The van der Waals surface area contributed by atoms with Gasteiger partial charge in [0, 0.05) is 12.3 Å². The molecule has 21 heavy (non-hydrogen) atoms. The van der Waals surface area contributed by atoms with Crippen molar-refractivity contribution >= 4 is 23.2 Å². The molecule has 2 unspecified atom stereocenters. The number of para-hydroxylation sites is 1. The summed E-state index contributed by atoms with van der Waals surface area (Å²) < 4.78 is 15.9. The molecule has 1 heterocycles. The first-order valence-corrected chi connectivity index (χ1v) is 7.47. The van der Waals surface area contributed by atoms with E-state index >= 15 is 0 Å². The third kappa shape index (κ3) is 4.68. The van der Waals surface area contributed by atoms with Gasteiger partial charge in [-0.1, -0.05) is 36.7 Å². The number of hydrogen-bond acceptors (Lipinski definition) is 4. The van der Waals surface area contributed by atoms with E-state index in [0.717, 1.165) is 12.1 Å². The Morgan fingerprint density at radius 1 is 1.48 bits per heavy atom. The maximum Gasteiger partial charge on any atom is 0.271 e. The number of hydrogen-bond donors (Lipinski definition) is 0. The fourth-order valence-electron chi connectivity index (χ4n) is 2.03. The van der Waals surface area contributed by atoms with Crippen molar-refractivity contribution in [2.45, 2.75) is 25.0 Å². The van der Waals surface area contributed by atoms with Gasteiger partial charge in [-0.2, -0.15) is 0 Å². The Labute approximate surface area is 129 Å². The zero-order chi connectivity index (χ0) is 15.1. The van der Waals surface area contributed by atoms with Gasteiger partial charge >= 0.3 is 0 Å². The van der Waals surface area contributed by atoms with Crippen LogP contribution in [-0.4, -0.2) is 44.1 Å². The highest BCUT2D eigenvalue weighted by Crippen LogP contribution is 2.19. The number of ether oxygens (including phenoxy) is 3. The second-order valence-electron chi connectivity index (χ2n) is 4.75. The van der Waals surface area contributed by atoms with Gasteiger partial charge in [0.1, 0.15) is 12.9 Å². The second-order valence-corrected chi connectivity index (χ2v) is 5.14. The molecule has 1 aromatic rings. The van der Waals surface area contributed by atoms with E-state index in [1.165, 1.54) is 0 Å². The number of alkyl halides is 1. The van der Waals surface area contributed by atoms with E-state index in [2.05, 4.69) is 0 Å². The molecule has 0 radical (unpaired) electrons. The fourth-order valence-corrected chi connectivity index (χ4v) is 2.23. The molecular weight excluding hydrogens is 294 g/mol. The Bertz CT molecular complexity index is 437. The average Bonchev–Trinajstić information content (AvgIpc) is 3.03. The minimum Gasteiger partial charge on any atom is -0.353 e. The van der Waals surface area contributed by atoms with Crippen LogP contribution in [0.1, 0.15) is 13.3 Å². The summed E-state index contributed by atoms with van der Waals surface area (Å²) in [6, 6.07) is 9.36. The largest absolute Gasteiger partial charge is 0.353 e. The highest BCUT2D eigenvalue weighted by atomic mass is 35.5. The van der Waals surface area contributed by atoms with E-state index in [9.17, 15) is 4.79 Å². The predicted molar refractivity (Wildman–Crippen MR) is 80.4 cm³/mol. The van der Waals surface area contributed by atoms with Gasteiger partial charge in [-0.15, -0.1) is 0 Å². The maximum atomic E-state index is 12.5. The molecule has 1 aromatic carbocycles. The number of amides is 1. The summed E-state index contributed by atoms with van der Waals surface area (Å²) in [4.78, 5) is 14.1. The third-order valence-corrected chi connectivity index (χ3v) is 3.39. The minimum atomic E-state index is -0.993. The number of anilines is 1. The maximum absolute atomic E-state index is 12.5. The van der Waals surface area contributed by atoms with Crippen molar-refractivity contribution in [3.8, 4) is 0 Å². The van der Waals surface area contributed by atoms with E-state index in [0.29, 0.717) is 19.8 Å². The van der Waals surface area contributed by atoms with E-state index in [4.69, 9.17) is 25.8 Å². The van der Waals surface area contributed by atoms with Crippen LogP contribution in [0.25, 0.3) is 0 Å². The second kappa shape index (κ2) is 8.34. The molecule has 0 N–H and O–H groups in total. The predicted octanol–water partition coefficient (Wildman–Crippen LogP) is 2.38. The van der Waals surface area contributed by atoms with E-state index < -0.39 is 5.56 Å². The highest BCUT2D eigenvalue weighted by Gasteiger charge is 2.28. The van der Waals surface area contributed by atoms with Gasteiger partial charge in [-0.05, 0) is 18.6 Å². The summed E-state index contributed by atoms with van der Waals surface area (Å²) in [5.74, 6) is -0.285. The zero-order valence-electron chi connectivity index (χ0n) is 12.0. The number of halogens is 1. The lowest BCUT2D eigenvalue weighted by atomic mass is 10.2. The Kier molecular flexibility index (Phi) is 6.45. The number of rotatable bonds is 7. The molecule has 1 aliphatic rings. The van der Waals surface area contributed by atoms with Crippen molar-refractivity contribution in [1.29, 1.82) is 0 Å². The molecule has 5 nitrogen and oxygen atoms in total. The first-order valence-electron chi connectivity index (χ1n) is 7.03. The van der Waals surface area contributed by atoms with Crippen molar-refractivity contribution in [2.75, 3.05) is 31.5 Å². The Hall–Kier alpha value is -1.14. The summed E-state index contributed by atoms with van der Waals surface area (Å²) in [5.41, 5.74) is -0.226. The molecule has 2 rings (SSSR count). The van der Waals surface area contributed by atoms with Gasteiger partial charge in [0.25, 0.3) is 5.91 Å². The molecule has 6 heteroatoms. The van der Waals surface area contributed by atoms with Crippen molar-refractivity contribution in [3.63, 3.8) is 0 Å². The van der Waals surface area contributed by atoms with Crippen molar-refractivity contribution in [3.05, 3.63) is 30.3 Å². The lowest BCUT2D eigenvalue weighted by Crippen LogP contribution is -2.43. The molecule has 116 valence electrons. The molecule has 0 spiro atoms. The van der Waals surface area contributed by atoms with Gasteiger partial charge in [0.05, 0.1) is 13.2 Å². The first-order chi connectivity index (χ1) is 10.2. The Morgan fingerprint density at radius 3 is 2.86 bits per heavy atom. The van der Waals surface area contributed by atoms with Crippen LogP contribution in [-0.2, 0) is 19.0 Å². The average molecular weight is 314 g/mol. The first kappa shape index (κ1) is 16.2. The highest BCUT2D eigenvalue weighted by molar-refractivity contribution is 6.31. The number of carbonyl (C=O) groups excluding carboxylic acids is 1. The van der Waals surface area contributed by atoms with Crippen LogP contribution in [0, 0.1) is 0 Å². The Morgan fingerprint density at radius 2 is 2.24 bits per heavy atom. The molecule has 0 saturated carbocycles. The normalized spacial score (nSPS) is 19.4. The molecule has 0 aromatic heterocycles. The quantitative estimate of drug-likeness (QED) is 0.725. The molecule has 1 aliphatic heterocycles. The van der Waals surface area contributed by atoms with E-state index in [-0.39, 0.29) is 18.8 Å². The van der Waals surface area contributed by atoms with Gasteiger partial charge in [0.2, 0.25) is 5.56 Å². The third-order valence-electron chi connectivity index (χ3n) is 3.07. The van der Waals surface area contributed by atoms with Crippen LogP contribution in [0.15, 0.2) is 30.3 Å². The molecule has 0 aliphatic carbocycles. The standard InChI is InChI=1S/C15H20ClNO4/c1-2-8-20-14(16)15(18)17(9-13-10-19-11-21-13)12-6-4-3-5-7-12/h3-7,13-14H,2,8-11H2,1H3. The topological polar surface area (TPSA) is 48.0 Å². The lowest BCUT2D eigenvalue weighted by Gasteiger charge is -2.26. The Balaban J connectivity index is 2.08. The summed E-state index contributed by atoms with van der Waals surface area (Å²) in [7, 11) is 0. The summed E-state index contributed by atoms with van der Waals surface area (Å²) >= 11 is 6.05. The van der Waals surface area contributed by atoms with Crippen LogP contribution in [0.3, 0.4) is 0 Å². The lowest BCUT2D eigenvalue weighted by molar-refractivity contribution is -0.125. The zero-order valence-corrected chi connectivity index (χ0v) is 12.8. The van der Waals surface area contributed by atoms with Crippen LogP contribution in [0.4, 0.5) is 5.69 Å². The van der Waals surface area contributed by atoms with Gasteiger partial charge in [-0.25, -0.2) is 0 Å². The van der Waals surface area contributed by atoms with Crippen molar-refractivity contribution in [2.24, 2.45) is 0 Å².